The quantitative estimate of drug-likeness (QED) is 0.587. The van der Waals surface area contributed by atoms with Crippen molar-refractivity contribution in [3.8, 4) is 5.75 Å². The highest BCUT2D eigenvalue weighted by Gasteiger charge is 2.31. The fraction of sp³-hybridized carbons (Fsp3) is 0.529. The Morgan fingerprint density at radius 2 is 1.81 bits per heavy atom. The van der Waals surface area contributed by atoms with Gasteiger partial charge in [0.1, 0.15) is 12.3 Å². The van der Waals surface area contributed by atoms with Gasteiger partial charge in [-0.05, 0) is 24.6 Å². The maximum Gasteiger partial charge on any atom is 0.406 e. The summed E-state index contributed by atoms with van der Waals surface area (Å²) in [5.74, 6) is 0.519. The minimum absolute atomic E-state index is 0.271. The van der Waals surface area contributed by atoms with Gasteiger partial charge in [-0.3, -0.25) is 9.79 Å². The van der Waals surface area contributed by atoms with Crippen molar-refractivity contribution in [2.45, 2.75) is 19.6 Å². The van der Waals surface area contributed by atoms with Crippen LogP contribution in [0.3, 0.4) is 0 Å². The Bertz CT molecular complexity index is 603. The Morgan fingerprint density at radius 3 is 2.31 bits per heavy atom. The maximum atomic E-state index is 12.3. The molecule has 0 radical (unpaired) electrons. The average molecular weight is 374 g/mol. The van der Waals surface area contributed by atoms with E-state index in [0.29, 0.717) is 24.0 Å². The van der Waals surface area contributed by atoms with Crippen molar-refractivity contribution in [1.82, 2.24) is 15.1 Å². The first-order valence-corrected chi connectivity index (χ1v) is 8.10. The second kappa shape index (κ2) is 9.88. The lowest BCUT2D eigenvalue weighted by atomic mass is 10.2. The van der Waals surface area contributed by atoms with Crippen molar-refractivity contribution < 1.29 is 22.7 Å². The summed E-state index contributed by atoms with van der Waals surface area (Å²) in [6.45, 7) is 1.46. The summed E-state index contributed by atoms with van der Waals surface area (Å²) >= 11 is 0. The third-order valence-electron chi connectivity index (χ3n) is 3.47. The number of nitrogens with zero attached hydrogens (tertiary/aromatic N) is 3. The largest absolute Gasteiger partial charge is 0.494 e. The molecule has 26 heavy (non-hydrogen) atoms. The number of alkyl halides is 3. The number of nitrogens with one attached hydrogen (secondary N) is 1. The fourth-order valence-electron chi connectivity index (χ4n) is 2.24. The van der Waals surface area contributed by atoms with Crippen molar-refractivity contribution in [2.75, 3.05) is 40.8 Å². The van der Waals surface area contributed by atoms with Gasteiger partial charge in [-0.25, -0.2) is 0 Å². The lowest BCUT2D eigenvalue weighted by Crippen LogP contribution is -2.45. The van der Waals surface area contributed by atoms with Crippen molar-refractivity contribution in [3.05, 3.63) is 29.8 Å². The van der Waals surface area contributed by atoms with Crippen LogP contribution in [0.25, 0.3) is 0 Å². The Hall–Kier alpha value is -2.45. The second-order valence-corrected chi connectivity index (χ2v) is 5.70. The zero-order chi connectivity index (χ0) is 19.7. The number of likely N-dealkylation sites (N-methyl/N-ethyl adjacent to an activating group) is 1. The summed E-state index contributed by atoms with van der Waals surface area (Å²) in [5.41, 5.74) is 0.999. The first-order chi connectivity index (χ1) is 12.2. The third-order valence-corrected chi connectivity index (χ3v) is 3.47. The molecule has 0 aliphatic rings. The summed E-state index contributed by atoms with van der Waals surface area (Å²) in [5, 5.41) is 2.78. The maximum absolute atomic E-state index is 12.3. The molecule has 1 N–H and O–H groups in total. The predicted molar refractivity (Wildman–Crippen MR) is 94.1 cm³/mol. The number of aliphatic imine (C=N–C) groups is 1. The zero-order valence-corrected chi connectivity index (χ0v) is 15.4. The molecule has 146 valence electrons. The molecule has 0 aliphatic carbocycles. The minimum atomic E-state index is -4.42. The van der Waals surface area contributed by atoms with Gasteiger partial charge in [0, 0.05) is 27.7 Å². The van der Waals surface area contributed by atoms with E-state index < -0.39 is 18.6 Å². The molecule has 1 aromatic rings. The van der Waals surface area contributed by atoms with E-state index in [1.165, 1.54) is 0 Å². The molecular weight excluding hydrogens is 349 g/mol. The number of hydrogen-bond acceptors (Lipinski definition) is 3. The normalized spacial score (nSPS) is 11.9. The number of halogens is 3. The number of carbonyl (C=O) groups excluding carboxylic acids is 1. The van der Waals surface area contributed by atoms with E-state index in [-0.39, 0.29) is 6.54 Å². The van der Waals surface area contributed by atoms with Crippen LogP contribution in [0.15, 0.2) is 29.3 Å². The van der Waals surface area contributed by atoms with Gasteiger partial charge in [0.05, 0.1) is 13.2 Å². The third kappa shape index (κ3) is 7.62. The molecule has 0 spiro atoms. The predicted octanol–water partition coefficient (Wildman–Crippen LogP) is 2.11. The molecule has 0 unspecified atom stereocenters. The molecule has 1 rings (SSSR count). The summed E-state index contributed by atoms with van der Waals surface area (Å²) < 4.78 is 42.4. The summed E-state index contributed by atoms with van der Waals surface area (Å²) in [6, 6.07) is 7.55. The highest BCUT2D eigenvalue weighted by molar-refractivity contribution is 5.86. The molecule has 1 amide bonds. The van der Waals surface area contributed by atoms with E-state index in [4.69, 9.17) is 4.74 Å². The van der Waals surface area contributed by atoms with Gasteiger partial charge in [0.25, 0.3) is 0 Å². The molecule has 9 heteroatoms. The Morgan fingerprint density at radius 1 is 1.19 bits per heavy atom. The lowest BCUT2D eigenvalue weighted by Gasteiger charge is -2.24. The van der Waals surface area contributed by atoms with Gasteiger partial charge in [-0.15, -0.1) is 0 Å². The van der Waals surface area contributed by atoms with Gasteiger partial charge in [0.2, 0.25) is 5.91 Å². The monoisotopic (exact) mass is 374 g/mol. The molecule has 0 fully saturated rings. The Labute approximate surface area is 151 Å². The first kappa shape index (κ1) is 21.6. The van der Waals surface area contributed by atoms with E-state index in [2.05, 4.69) is 10.3 Å². The van der Waals surface area contributed by atoms with Crippen LogP contribution in [-0.2, 0) is 11.3 Å². The average Bonchev–Trinajstić information content (AvgIpc) is 2.55. The number of ether oxygens (including phenoxy) is 1. The minimum Gasteiger partial charge on any atom is -0.494 e. The SMILES string of the molecule is CCOc1ccc(CN(C)C(=NC)NCC(=O)N(C)CC(F)(F)F)cc1. The van der Waals surface area contributed by atoms with E-state index in [9.17, 15) is 18.0 Å². The molecule has 0 saturated carbocycles. The smallest absolute Gasteiger partial charge is 0.406 e. The van der Waals surface area contributed by atoms with Crippen LogP contribution in [0.2, 0.25) is 0 Å². The van der Waals surface area contributed by atoms with Crippen molar-refractivity contribution >= 4 is 11.9 Å². The molecule has 6 nitrogen and oxygen atoms in total. The number of amides is 1. The number of rotatable bonds is 7. The second-order valence-electron chi connectivity index (χ2n) is 5.70. The molecule has 0 aromatic heterocycles. The van der Waals surface area contributed by atoms with Crippen molar-refractivity contribution in [1.29, 1.82) is 0 Å². The Balaban J connectivity index is 2.55. The fourth-order valence-corrected chi connectivity index (χ4v) is 2.24. The number of carbonyl (C=O) groups is 1. The lowest BCUT2D eigenvalue weighted by molar-refractivity contribution is -0.157. The van der Waals surface area contributed by atoms with Crippen LogP contribution in [0.4, 0.5) is 13.2 Å². The summed E-state index contributed by atoms with van der Waals surface area (Å²) in [4.78, 5) is 18.3. The topological polar surface area (TPSA) is 57.2 Å². The number of hydrogen-bond donors (Lipinski definition) is 1. The van der Waals surface area contributed by atoms with Crippen LogP contribution in [0.1, 0.15) is 12.5 Å². The number of guanidine groups is 1. The highest BCUT2D eigenvalue weighted by atomic mass is 19.4. The summed E-state index contributed by atoms with van der Waals surface area (Å²) in [7, 11) is 4.43. The number of benzene rings is 1. The van der Waals surface area contributed by atoms with E-state index in [0.717, 1.165) is 18.4 Å². The Kier molecular flexibility index (Phi) is 8.21. The zero-order valence-electron chi connectivity index (χ0n) is 15.4. The van der Waals surface area contributed by atoms with E-state index >= 15 is 0 Å². The van der Waals surface area contributed by atoms with E-state index in [1.807, 2.05) is 31.2 Å². The van der Waals surface area contributed by atoms with Crippen LogP contribution in [0, 0.1) is 0 Å². The van der Waals surface area contributed by atoms with Crippen LogP contribution in [0.5, 0.6) is 5.75 Å². The summed E-state index contributed by atoms with van der Waals surface area (Å²) in [6.07, 6.45) is -4.42. The van der Waals surface area contributed by atoms with Gasteiger partial charge in [-0.2, -0.15) is 13.2 Å². The molecule has 0 atom stereocenters. The standard InChI is InChI=1S/C17H25F3N4O2/c1-5-26-14-8-6-13(7-9-14)11-23(3)16(21-2)22-10-15(25)24(4)12-17(18,19)20/h6-9H,5,10-12H2,1-4H3,(H,21,22). The van der Waals surface area contributed by atoms with Gasteiger partial charge < -0.3 is 19.9 Å². The first-order valence-electron chi connectivity index (χ1n) is 8.10. The van der Waals surface area contributed by atoms with Crippen LogP contribution >= 0.6 is 0 Å². The van der Waals surface area contributed by atoms with Gasteiger partial charge >= 0.3 is 6.18 Å². The molecule has 0 aliphatic heterocycles. The molecule has 0 saturated heterocycles. The van der Waals surface area contributed by atoms with Gasteiger partial charge in [0.15, 0.2) is 5.96 Å². The molecule has 0 heterocycles. The highest BCUT2D eigenvalue weighted by Crippen LogP contribution is 2.15. The van der Waals surface area contributed by atoms with Gasteiger partial charge in [-0.1, -0.05) is 12.1 Å². The van der Waals surface area contributed by atoms with Crippen molar-refractivity contribution in [2.24, 2.45) is 4.99 Å². The molecule has 0 bridgehead atoms. The van der Waals surface area contributed by atoms with Crippen LogP contribution < -0.4 is 10.1 Å². The van der Waals surface area contributed by atoms with Crippen molar-refractivity contribution in [3.63, 3.8) is 0 Å². The molecule has 1 aromatic carbocycles. The van der Waals surface area contributed by atoms with Crippen LogP contribution in [-0.4, -0.2) is 68.7 Å². The van der Waals surface area contributed by atoms with E-state index in [1.54, 1.807) is 19.0 Å². The molecular formula is C17H25F3N4O2.